The molecule has 0 spiro atoms. The van der Waals surface area contributed by atoms with Gasteiger partial charge in [-0.15, -0.1) is 0 Å². The fraction of sp³-hybridized carbons (Fsp3) is 0.458. The van der Waals surface area contributed by atoms with Crippen molar-refractivity contribution in [2.75, 3.05) is 59.0 Å². The highest BCUT2D eigenvalue weighted by Gasteiger charge is 2.31. The van der Waals surface area contributed by atoms with E-state index in [2.05, 4.69) is 15.1 Å². The summed E-state index contributed by atoms with van der Waals surface area (Å²) < 4.78 is 5.46. The fourth-order valence-electron chi connectivity index (χ4n) is 4.61. The second-order valence-electron chi connectivity index (χ2n) is 8.41. The third-order valence-electron chi connectivity index (χ3n) is 6.43. The van der Waals surface area contributed by atoms with Crippen LogP contribution in [0.5, 0.6) is 0 Å². The molecule has 2 saturated heterocycles. The van der Waals surface area contributed by atoms with Crippen molar-refractivity contribution >= 4 is 27.9 Å². The normalized spacial score (nSPS) is 21.0. The zero-order chi connectivity index (χ0) is 21.2. The molecule has 162 valence electrons. The molecule has 7 heteroatoms. The number of ether oxygens (including phenoxy) is 1. The number of nitrogens with one attached hydrogen (secondary N) is 1. The number of aryl methyl sites for hydroxylation is 1. The number of piperazine rings is 1. The highest BCUT2D eigenvalue weighted by atomic mass is 16.5. The van der Waals surface area contributed by atoms with Crippen LogP contribution in [-0.4, -0.2) is 90.6 Å². The lowest BCUT2D eigenvalue weighted by Crippen LogP contribution is -2.56. The number of aromatic nitrogens is 2. The molecule has 2 fully saturated rings. The number of hydrogen-bond acceptors (Lipinski definition) is 7. The first-order valence-corrected chi connectivity index (χ1v) is 11.2. The summed E-state index contributed by atoms with van der Waals surface area (Å²) in [6.45, 7) is 9.86. The zero-order valence-electron chi connectivity index (χ0n) is 18.0. The average molecular weight is 420 g/mol. The van der Waals surface area contributed by atoms with Gasteiger partial charge in [-0.05, 0) is 30.7 Å². The quantitative estimate of drug-likeness (QED) is 0.500. The van der Waals surface area contributed by atoms with Gasteiger partial charge in [-0.1, -0.05) is 18.2 Å². The maximum atomic E-state index is 13.7. The van der Waals surface area contributed by atoms with Gasteiger partial charge in [-0.2, -0.15) is 0 Å². The minimum Gasteiger partial charge on any atom is -0.379 e. The van der Waals surface area contributed by atoms with Crippen LogP contribution in [0, 0.1) is 6.92 Å². The molecule has 7 nitrogen and oxygen atoms in total. The Balaban J connectivity index is 1.43. The number of rotatable bonds is 5. The van der Waals surface area contributed by atoms with Crippen LogP contribution in [0.4, 0.5) is 0 Å². The number of hydrogen-bond donors (Lipinski definition) is 1. The van der Waals surface area contributed by atoms with Crippen molar-refractivity contribution in [3.05, 3.63) is 47.5 Å². The standard InChI is InChI=1S/C24H29N5O2/c1-17-4-2-6-19-22(17)27-23-18(5-3-7-20(23)26-19)24(30)21-16-25-8-9-29(21)11-10-28-12-14-31-15-13-28/h2-7,21,25H,8-16H2,1H3. The van der Waals surface area contributed by atoms with Crippen LogP contribution >= 0.6 is 0 Å². The van der Waals surface area contributed by atoms with Crippen molar-refractivity contribution in [1.29, 1.82) is 0 Å². The third-order valence-corrected chi connectivity index (χ3v) is 6.43. The van der Waals surface area contributed by atoms with Gasteiger partial charge < -0.3 is 10.1 Å². The van der Waals surface area contributed by atoms with Crippen molar-refractivity contribution in [2.45, 2.75) is 13.0 Å². The SMILES string of the molecule is Cc1cccc2nc3cccc(C(=O)C4CNCCN4CCN4CCOCC4)c3nc12. The van der Waals surface area contributed by atoms with E-state index < -0.39 is 0 Å². The van der Waals surface area contributed by atoms with Gasteiger partial charge in [-0.25, -0.2) is 9.97 Å². The predicted molar refractivity (Wildman–Crippen MR) is 122 cm³/mol. The monoisotopic (exact) mass is 419 g/mol. The van der Waals surface area contributed by atoms with Crippen LogP contribution < -0.4 is 5.32 Å². The molecule has 0 saturated carbocycles. The van der Waals surface area contributed by atoms with Crippen LogP contribution in [0.15, 0.2) is 36.4 Å². The van der Waals surface area contributed by atoms with Crippen LogP contribution in [-0.2, 0) is 4.74 Å². The Morgan fingerprint density at radius 3 is 2.65 bits per heavy atom. The summed E-state index contributed by atoms with van der Waals surface area (Å²) in [5.41, 5.74) is 4.94. The lowest BCUT2D eigenvalue weighted by Gasteiger charge is -2.37. The van der Waals surface area contributed by atoms with Gasteiger partial charge in [0.2, 0.25) is 0 Å². The summed E-state index contributed by atoms with van der Waals surface area (Å²) >= 11 is 0. The number of benzene rings is 2. The number of ketones is 1. The summed E-state index contributed by atoms with van der Waals surface area (Å²) in [6, 6.07) is 11.6. The summed E-state index contributed by atoms with van der Waals surface area (Å²) in [5, 5.41) is 3.41. The molecule has 31 heavy (non-hydrogen) atoms. The first-order chi connectivity index (χ1) is 15.2. The lowest BCUT2D eigenvalue weighted by molar-refractivity contribution is 0.0290. The predicted octanol–water partition coefficient (Wildman–Crippen LogP) is 1.88. The van der Waals surface area contributed by atoms with Crippen LogP contribution in [0.2, 0.25) is 0 Å². The summed E-state index contributed by atoms with van der Waals surface area (Å²) in [4.78, 5) is 28.1. The molecule has 1 N–H and O–H groups in total. The van der Waals surface area contributed by atoms with E-state index in [0.717, 1.165) is 74.6 Å². The first-order valence-electron chi connectivity index (χ1n) is 11.2. The summed E-state index contributed by atoms with van der Waals surface area (Å²) in [5.74, 6) is 0.127. The molecule has 1 unspecified atom stereocenters. The molecular formula is C24H29N5O2. The Morgan fingerprint density at radius 2 is 1.81 bits per heavy atom. The average Bonchev–Trinajstić information content (AvgIpc) is 2.82. The van der Waals surface area contributed by atoms with Crippen molar-refractivity contribution in [2.24, 2.45) is 0 Å². The lowest BCUT2D eigenvalue weighted by atomic mass is 9.99. The van der Waals surface area contributed by atoms with Gasteiger partial charge in [0.15, 0.2) is 5.78 Å². The van der Waals surface area contributed by atoms with Crippen molar-refractivity contribution in [3.8, 4) is 0 Å². The van der Waals surface area contributed by atoms with E-state index in [0.29, 0.717) is 17.6 Å². The molecule has 3 heterocycles. The molecule has 1 atom stereocenters. The maximum absolute atomic E-state index is 13.7. The van der Waals surface area contributed by atoms with E-state index in [1.54, 1.807) is 0 Å². The third kappa shape index (κ3) is 4.19. The Kier molecular flexibility index (Phi) is 5.91. The van der Waals surface area contributed by atoms with Gasteiger partial charge >= 0.3 is 0 Å². The molecule has 2 aromatic carbocycles. The number of Topliss-reactive ketones (excluding diaryl/α,β-unsaturated/α-hetero) is 1. The smallest absolute Gasteiger partial charge is 0.183 e. The van der Waals surface area contributed by atoms with E-state index in [9.17, 15) is 4.79 Å². The largest absolute Gasteiger partial charge is 0.379 e. The molecule has 0 radical (unpaired) electrons. The molecule has 0 amide bonds. The molecule has 3 aromatic rings. The van der Waals surface area contributed by atoms with Crippen LogP contribution in [0.1, 0.15) is 15.9 Å². The number of carbonyl (C=O) groups is 1. The molecule has 0 aliphatic carbocycles. The minimum atomic E-state index is -0.185. The summed E-state index contributed by atoms with van der Waals surface area (Å²) in [7, 11) is 0. The zero-order valence-corrected chi connectivity index (χ0v) is 18.0. The van der Waals surface area contributed by atoms with Crippen molar-refractivity contribution in [3.63, 3.8) is 0 Å². The van der Waals surface area contributed by atoms with E-state index >= 15 is 0 Å². The molecule has 2 aliphatic heterocycles. The number of fused-ring (bicyclic) bond motifs is 2. The van der Waals surface area contributed by atoms with Gasteiger partial charge in [-0.3, -0.25) is 14.6 Å². The Hall–Kier alpha value is -2.45. The first kappa shape index (κ1) is 20.5. The van der Waals surface area contributed by atoms with E-state index in [1.807, 2.05) is 43.3 Å². The summed E-state index contributed by atoms with van der Waals surface area (Å²) in [6.07, 6.45) is 0. The van der Waals surface area contributed by atoms with Gasteiger partial charge in [0.1, 0.15) is 5.52 Å². The van der Waals surface area contributed by atoms with Gasteiger partial charge in [0, 0.05) is 51.4 Å². The number of nitrogens with zero attached hydrogens (tertiary/aromatic N) is 4. The van der Waals surface area contributed by atoms with Gasteiger partial charge in [0.05, 0.1) is 35.8 Å². The van der Waals surface area contributed by atoms with Crippen LogP contribution in [0.25, 0.3) is 22.1 Å². The van der Waals surface area contributed by atoms with E-state index in [-0.39, 0.29) is 11.8 Å². The highest BCUT2D eigenvalue weighted by molar-refractivity contribution is 6.09. The second kappa shape index (κ2) is 8.96. The minimum absolute atomic E-state index is 0.127. The Morgan fingerprint density at radius 1 is 1.03 bits per heavy atom. The molecular weight excluding hydrogens is 390 g/mol. The number of carbonyl (C=O) groups excluding carboxylic acids is 1. The van der Waals surface area contributed by atoms with Crippen LogP contribution in [0.3, 0.4) is 0 Å². The van der Waals surface area contributed by atoms with E-state index in [4.69, 9.17) is 14.7 Å². The Bertz CT molecular complexity index is 1100. The second-order valence-corrected chi connectivity index (χ2v) is 8.41. The fourth-order valence-corrected chi connectivity index (χ4v) is 4.61. The molecule has 0 bridgehead atoms. The maximum Gasteiger partial charge on any atom is 0.183 e. The highest BCUT2D eigenvalue weighted by Crippen LogP contribution is 2.23. The molecule has 5 rings (SSSR count). The molecule has 2 aliphatic rings. The number of para-hydroxylation sites is 2. The van der Waals surface area contributed by atoms with Crippen molar-refractivity contribution in [1.82, 2.24) is 25.1 Å². The topological polar surface area (TPSA) is 70.6 Å². The number of morpholine rings is 1. The van der Waals surface area contributed by atoms with Crippen molar-refractivity contribution < 1.29 is 9.53 Å². The molecule has 1 aromatic heterocycles. The Labute approximate surface area is 182 Å². The van der Waals surface area contributed by atoms with Gasteiger partial charge in [0.25, 0.3) is 0 Å². The van der Waals surface area contributed by atoms with E-state index in [1.165, 1.54) is 0 Å².